The molecular formula is C93H67NO2. The van der Waals surface area contributed by atoms with E-state index < -0.39 is 0 Å². The van der Waals surface area contributed by atoms with Crippen LogP contribution in [-0.2, 0) is 10.8 Å². The molecule has 96 heavy (non-hydrogen) atoms. The molecule has 0 amide bonds. The maximum atomic E-state index is 6.42. The van der Waals surface area contributed by atoms with E-state index in [0.717, 1.165) is 77.4 Å². The first-order valence-corrected chi connectivity index (χ1v) is 33.5. The Kier molecular flexibility index (Phi) is 13.1. The molecular weight excluding hydrogens is 1160 g/mol. The number of furan rings is 2. The second kappa shape index (κ2) is 22.0. The van der Waals surface area contributed by atoms with Gasteiger partial charge in [0.05, 0.1) is 5.69 Å². The lowest BCUT2D eigenvalue weighted by molar-refractivity contribution is 0.591. The van der Waals surface area contributed by atoms with Gasteiger partial charge in [-0.1, -0.05) is 290 Å². The Morgan fingerprint density at radius 3 is 1.05 bits per heavy atom. The fraction of sp³-hybridized carbons (Fsp3) is 0.0860. The molecule has 0 bridgehead atoms. The highest BCUT2D eigenvalue weighted by atomic mass is 16.3. The average molecular weight is 1230 g/mol. The van der Waals surface area contributed by atoms with Gasteiger partial charge in [-0.2, -0.15) is 0 Å². The average Bonchev–Trinajstić information content (AvgIpc) is 1.01. The molecule has 19 aromatic rings. The van der Waals surface area contributed by atoms with Gasteiger partial charge in [-0.15, -0.1) is 0 Å². The Morgan fingerprint density at radius 1 is 0.240 bits per heavy atom. The van der Waals surface area contributed by atoms with E-state index in [1.165, 1.54) is 120 Å². The molecule has 456 valence electrons. The van der Waals surface area contributed by atoms with Crippen molar-refractivity contribution >= 4 is 109 Å². The number of aromatic nitrogens is 1. The highest BCUT2D eigenvalue weighted by Crippen LogP contribution is 2.49. The van der Waals surface area contributed by atoms with Gasteiger partial charge in [0.1, 0.15) is 22.3 Å². The Bertz CT molecular complexity index is 6220. The van der Waals surface area contributed by atoms with Crippen LogP contribution in [0.15, 0.2) is 306 Å². The van der Waals surface area contributed by atoms with Crippen molar-refractivity contribution in [1.82, 2.24) is 4.98 Å². The van der Waals surface area contributed by atoms with Crippen molar-refractivity contribution < 1.29 is 8.83 Å². The summed E-state index contributed by atoms with van der Waals surface area (Å²) in [4.78, 5) is 5.11. The van der Waals surface area contributed by atoms with Gasteiger partial charge < -0.3 is 8.83 Å². The van der Waals surface area contributed by atoms with Gasteiger partial charge in [-0.05, 0) is 179 Å². The van der Waals surface area contributed by atoms with Gasteiger partial charge in [0, 0.05) is 50.0 Å². The summed E-state index contributed by atoms with van der Waals surface area (Å²) in [6.07, 6.45) is 1.99. The molecule has 3 heterocycles. The predicted molar refractivity (Wildman–Crippen MR) is 408 cm³/mol. The maximum Gasteiger partial charge on any atom is 0.143 e. The van der Waals surface area contributed by atoms with Gasteiger partial charge in [0.2, 0.25) is 0 Å². The lowest BCUT2D eigenvalue weighted by Crippen LogP contribution is -2.10. The van der Waals surface area contributed by atoms with Crippen molar-refractivity contribution in [1.29, 1.82) is 0 Å². The van der Waals surface area contributed by atoms with Crippen molar-refractivity contribution in [3.05, 3.63) is 309 Å². The standard InChI is InChI=1S/C50H36O.C43H31NO/c1-50(2,3)38-28-36-22-24-41-44(31-12-5-4-6-13-31)30-45(42-25-23-37(29-38)47(36)48(41)42)35-17-10-15-33(27-35)32-14-9-16-34(26-32)39-19-11-20-43-40-18-7-8-21-46(40)51-49(39)43;1-43(2,3)30-22-27-16-19-33-36(26-10-5-4-6-11-26)24-37(34-20-17-28(23-30)40(27)41(33)34)38-21-18-29(25-44-38)31-13-9-14-35-32-12-7-8-15-39(32)45-42(31)35/h4-30H,1-3H3;4-25H,1-3H3. The van der Waals surface area contributed by atoms with Crippen LogP contribution in [-0.4, -0.2) is 4.98 Å². The molecule has 0 saturated heterocycles. The molecule has 19 rings (SSSR count). The van der Waals surface area contributed by atoms with Crippen LogP contribution in [0.2, 0.25) is 0 Å². The summed E-state index contributed by atoms with van der Waals surface area (Å²) in [5, 5.41) is 20.1. The maximum absolute atomic E-state index is 6.42. The molecule has 3 heteroatoms. The van der Waals surface area contributed by atoms with Crippen molar-refractivity contribution in [2.45, 2.75) is 52.4 Å². The topological polar surface area (TPSA) is 39.2 Å². The smallest absolute Gasteiger partial charge is 0.143 e. The summed E-state index contributed by atoms with van der Waals surface area (Å²) in [6, 6.07) is 106. The number of hydrogen-bond donors (Lipinski definition) is 0. The van der Waals surface area contributed by atoms with E-state index >= 15 is 0 Å². The van der Waals surface area contributed by atoms with Crippen LogP contribution in [0.4, 0.5) is 0 Å². The van der Waals surface area contributed by atoms with E-state index in [9.17, 15) is 0 Å². The number of pyridine rings is 1. The Morgan fingerprint density at radius 2 is 0.604 bits per heavy atom. The molecule has 0 aliphatic heterocycles. The second-order valence-corrected chi connectivity index (χ2v) is 28.1. The molecule has 3 aromatic heterocycles. The van der Waals surface area contributed by atoms with Gasteiger partial charge in [0.25, 0.3) is 0 Å². The van der Waals surface area contributed by atoms with Gasteiger partial charge >= 0.3 is 0 Å². The third kappa shape index (κ3) is 9.43. The van der Waals surface area contributed by atoms with Crippen molar-refractivity contribution in [3.8, 4) is 78.0 Å². The van der Waals surface area contributed by atoms with E-state index in [0.29, 0.717) is 0 Å². The molecule has 0 radical (unpaired) electrons. The van der Waals surface area contributed by atoms with Crippen LogP contribution < -0.4 is 0 Å². The largest absolute Gasteiger partial charge is 0.455 e. The summed E-state index contributed by atoms with van der Waals surface area (Å²) in [7, 11) is 0. The van der Waals surface area contributed by atoms with Gasteiger partial charge in [-0.3, -0.25) is 4.98 Å². The summed E-state index contributed by atoms with van der Waals surface area (Å²) >= 11 is 0. The van der Waals surface area contributed by atoms with E-state index in [4.69, 9.17) is 13.8 Å². The zero-order chi connectivity index (χ0) is 64.6. The van der Waals surface area contributed by atoms with Gasteiger partial charge in [0.15, 0.2) is 0 Å². The molecule has 0 N–H and O–H groups in total. The van der Waals surface area contributed by atoms with Crippen LogP contribution in [0, 0.1) is 0 Å². The third-order valence-electron chi connectivity index (χ3n) is 20.2. The number of fused-ring (bicyclic) bond motifs is 6. The fourth-order valence-corrected chi connectivity index (χ4v) is 15.3. The van der Waals surface area contributed by atoms with Crippen LogP contribution in [0.3, 0.4) is 0 Å². The number of benzene rings is 16. The van der Waals surface area contributed by atoms with Crippen molar-refractivity contribution in [2.24, 2.45) is 0 Å². The summed E-state index contributed by atoms with van der Waals surface area (Å²) < 4.78 is 12.8. The van der Waals surface area contributed by atoms with Gasteiger partial charge in [-0.25, -0.2) is 0 Å². The molecule has 3 nitrogen and oxygen atoms in total. The Hall–Kier alpha value is -11.7. The normalized spacial score (nSPS) is 12.3. The minimum atomic E-state index is 0.0706. The van der Waals surface area contributed by atoms with Crippen molar-refractivity contribution in [3.63, 3.8) is 0 Å². The Balaban J connectivity index is 0.000000141. The zero-order valence-corrected chi connectivity index (χ0v) is 54.6. The molecule has 0 saturated carbocycles. The molecule has 16 aromatic carbocycles. The first-order chi connectivity index (χ1) is 46.8. The summed E-state index contributed by atoms with van der Waals surface area (Å²) in [5.41, 5.74) is 22.7. The van der Waals surface area contributed by atoms with Crippen LogP contribution in [0.1, 0.15) is 52.7 Å². The van der Waals surface area contributed by atoms with E-state index in [1.807, 2.05) is 30.5 Å². The predicted octanol–water partition coefficient (Wildman–Crippen LogP) is 26.6. The number of para-hydroxylation sites is 4. The number of nitrogens with zero attached hydrogens (tertiary/aromatic N) is 1. The quantitative estimate of drug-likeness (QED) is 0.149. The monoisotopic (exact) mass is 1230 g/mol. The minimum absolute atomic E-state index is 0.0706. The highest BCUT2D eigenvalue weighted by Gasteiger charge is 2.24. The molecule has 0 unspecified atom stereocenters. The van der Waals surface area contributed by atoms with Crippen LogP contribution in [0.25, 0.3) is 187 Å². The van der Waals surface area contributed by atoms with Crippen LogP contribution in [0.5, 0.6) is 0 Å². The first-order valence-electron chi connectivity index (χ1n) is 33.5. The molecule has 0 aliphatic carbocycles. The fourth-order valence-electron chi connectivity index (χ4n) is 15.3. The van der Waals surface area contributed by atoms with Crippen molar-refractivity contribution in [2.75, 3.05) is 0 Å². The van der Waals surface area contributed by atoms with E-state index in [2.05, 4.69) is 308 Å². The lowest BCUT2D eigenvalue weighted by atomic mass is 9.81. The number of hydrogen-bond acceptors (Lipinski definition) is 3. The van der Waals surface area contributed by atoms with E-state index in [-0.39, 0.29) is 10.8 Å². The zero-order valence-electron chi connectivity index (χ0n) is 54.6. The molecule has 0 atom stereocenters. The highest BCUT2D eigenvalue weighted by molar-refractivity contribution is 6.30. The summed E-state index contributed by atoms with van der Waals surface area (Å²) in [5.74, 6) is 0. The molecule has 0 fully saturated rings. The third-order valence-corrected chi connectivity index (χ3v) is 20.2. The first kappa shape index (κ1) is 57.0. The summed E-state index contributed by atoms with van der Waals surface area (Å²) in [6.45, 7) is 13.8. The second-order valence-electron chi connectivity index (χ2n) is 28.1. The lowest BCUT2D eigenvalue weighted by Gasteiger charge is -2.23. The Labute approximate surface area is 557 Å². The molecule has 0 aliphatic rings. The van der Waals surface area contributed by atoms with Crippen LogP contribution >= 0.6 is 0 Å². The molecule has 0 spiro atoms. The minimum Gasteiger partial charge on any atom is -0.455 e. The van der Waals surface area contributed by atoms with E-state index in [1.54, 1.807) is 0 Å². The SMILES string of the molecule is CC(C)(C)c1cc2ccc3c(-c4ccccc4)cc(-c4ccc(-c5cccc6c5oc5ccccc56)cn4)c4ccc(c1)c2c34.CC(C)(C)c1cc2ccc3c(-c4ccccc4)cc(-c4cccc(-c5cccc(-c6cccc7c6oc6ccccc67)c5)c4)c4ccc(c1)c2c34. The number of rotatable bonds is 7.